The molecule has 0 bridgehead atoms. The molecule has 0 atom stereocenters. The predicted octanol–water partition coefficient (Wildman–Crippen LogP) is 2.25. The van der Waals surface area contributed by atoms with Crippen molar-refractivity contribution in [1.82, 2.24) is 25.2 Å². The maximum absolute atomic E-state index is 13.0. The van der Waals surface area contributed by atoms with Crippen molar-refractivity contribution in [2.45, 2.75) is 26.4 Å². The van der Waals surface area contributed by atoms with E-state index in [0.717, 1.165) is 16.7 Å². The highest BCUT2D eigenvalue weighted by Crippen LogP contribution is 2.26. The van der Waals surface area contributed by atoms with E-state index in [-0.39, 0.29) is 42.7 Å². The number of nitrogens with one attached hydrogen (secondary N) is 2. The number of fused-ring (bicyclic) bond motifs is 2. The average molecular weight is 483 g/mol. The fourth-order valence-electron chi connectivity index (χ4n) is 3.93. The number of aromatic nitrogens is 3. The Hall–Kier alpha value is -4.86. The molecule has 36 heavy (non-hydrogen) atoms. The second-order valence-corrected chi connectivity index (χ2v) is 8.34. The molecule has 0 saturated carbocycles. The molecule has 0 aliphatic carbocycles. The molecular formula is C26H21N5O5. The van der Waals surface area contributed by atoms with Gasteiger partial charge in [-0.25, -0.2) is 9.50 Å². The van der Waals surface area contributed by atoms with Crippen molar-refractivity contribution in [2.24, 2.45) is 0 Å². The Kier molecular flexibility index (Phi) is 5.99. The molecule has 0 saturated heterocycles. The topological polar surface area (TPSA) is 132 Å². The van der Waals surface area contributed by atoms with Crippen LogP contribution < -0.4 is 15.4 Å². The SMILES string of the molecule is CC(=O)c1cccc(CNC(=O)c2cc(C(=O)NCc3ccc4c(c3)CC(=O)O4)nc3ccnn23)c1. The number of nitrogens with zero attached hydrogens (tertiary/aromatic N) is 3. The third kappa shape index (κ3) is 4.69. The summed E-state index contributed by atoms with van der Waals surface area (Å²) in [4.78, 5) is 53.3. The highest BCUT2D eigenvalue weighted by molar-refractivity contribution is 5.98. The number of Topliss-reactive ketones (excluding diaryl/α,β-unsaturated/α-hetero) is 1. The minimum absolute atomic E-state index is 0.0615. The number of ether oxygens (including phenoxy) is 1. The van der Waals surface area contributed by atoms with E-state index >= 15 is 0 Å². The molecule has 10 nitrogen and oxygen atoms in total. The number of rotatable bonds is 7. The van der Waals surface area contributed by atoms with E-state index in [2.05, 4.69) is 20.7 Å². The molecule has 1 aliphatic heterocycles. The largest absolute Gasteiger partial charge is 0.426 e. The summed E-state index contributed by atoms with van der Waals surface area (Å²) in [5.74, 6) is -0.743. The number of benzene rings is 2. The summed E-state index contributed by atoms with van der Waals surface area (Å²) in [6.45, 7) is 1.88. The first-order chi connectivity index (χ1) is 17.4. The molecular weight excluding hydrogens is 462 g/mol. The summed E-state index contributed by atoms with van der Waals surface area (Å²) in [6.07, 6.45) is 1.69. The molecule has 1 aliphatic rings. The third-order valence-corrected chi connectivity index (χ3v) is 5.75. The molecule has 2 amide bonds. The second kappa shape index (κ2) is 9.41. The maximum atomic E-state index is 13.0. The molecule has 4 aromatic rings. The van der Waals surface area contributed by atoms with Gasteiger partial charge in [-0.15, -0.1) is 0 Å². The molecule has 0 unspecified atom stereocenters. The zero-order valence-corrected chi connectivity index (χ0v) is 19.3. The van der Waals surface area contributed by atoms with E-state index < -0.39 is 11.8 Å². The van der Waals surface area contributed by atoms with Crippen molar-refractivity contribution >= 4 is 29.2 Å². The quantitative estimate of drug-likeness (QED) is 0.234. The molecule has 180 valence electrons. The standard InChI is InChI=1S/C26H21N5O5/c1-15(32)18-4-2-3-16(9-18)13-28-26(35)21-12-20(30-23-7-8-29-31(21)23)25(34)27-14-17-5-6-22-19(10-17)11-24(33)36-22/h2-10,12H,11,13-14H2,1H3,(H,27,34)(H,28,35). The Morgan fingerprint density at radius 1 is 0.972 bits per heavy atom. The van der Waals surface area contributed by atoms with Crippen LogP contribution >= 0.6 is 0 Å². The second-order valence-electron chi connectivity index (χ2n) is 8.34. The van der Waals surface area contributed by atoms with E-state index in [1.165, 1.54) is 23.7 Å². The number of carbonyl (C=O) groups excluding carboxylic acids is 4. The van der Waals surface area contributed by atoms with Crippen LogP contribution in [0, 0.1) is 0 Å². The van der Waals surface area contributed by atoms with Gasteiger partial charge < -0.3 is 15.4 Å². The van der Waals surface area contributed by atoms with Crippen LogP contribution in [0.4, 0.5) is 0 Å². The van der Waals surface area contributed by atoms with Crippen LogP contribution in [0.3, 0.4) is 0 Å². The van der Waals surface area contributed by atoms with Crippen molar-refractivity contribution in [3.63, 3.8) is 0 Å². The average Bonchev–Trinajstić information content (AvgIpc) is 3.50. The van der Waals surface area contributed by atoms with Crippen molar-refractivity contribution in [1.29, 1.82) is 0 Å². The van der Waals surface area contributed by atoms with E-state index in [0.29, 0.717) is 17.0 Å². The van der Waals surface area contributed by atoms with Crippen LogP contribution in [0.2, 0.25) is 0 Å². The molecule has 0 spiro atoms. The molecule has 2 aromatic heterocycles. The minimum Gasteiger partial charge on any atom is -0.426 e. The van der Waals surface area contributed by atoms with Crippen LogP contribution in [0.15, 0.2) is 60.8 Å². The van der Waals surface area contributed by atoms with Crippen LogP contribution in [0.5, 0.6) is 5.75 Å². The number of amides is 2. The normalized spacial score (nSPS) is 12.2. The summed E-state index contributed by atoms with van der Waals surface area (Å²) >= 11 is 0. The number of hydrogen-bond donors (Lipinski definition) is 2. The summed E-state index contributed by atoms with van der Waals surface area (Å²) in [5.41, 5.74) is 3.45. The zero-order valence-electron chi connectivity index (χ0n) is 19.3. The van der Waals surface area contributed by atoms with Crippen molar-refractivity contribution < 1.29 is 23.9 Å². The maximum Gasteiger partial charge on any atom is 0.315 e. The molecule has 2 aromatic carbocycles. The summed E-state index contributed by atoms with van der Waals surface area (Å²) in [5, 5.41) is 9.74. The van der Waals surface area contributed by atoms with E-state index in [9.17, 15) is 19.2 Å². The third-order valence-electron chi connectivity index (χ3n) is 5.75. The lowest BCUT2D eigenvalue weighted by atomic mass is 10.1. The van der Waals surface area contributed by atoms with Gasteiger partial charge in [-0.1, -0.05) is 24.3 Å². The molecule has 5 rings (SSSR count). The van der Waals surface area contributed by atoms with Crippen LogP contribution in [-0.2, 0) is 24.3 Å². The van der Waals surface area contributed by atoms with Crippen molar-refractivity contribution in [3.05, 3.63) is 94.4 Å². The van der Waals surface area contributed by atoms with E-state index in [4.69, 9.17) is 4.74 Å². The van der Waals surface area contributed by atoms with Gasteiger partial charge in [0.1, 0.15) is 17.1 Å². The first kappa shape index (κ1) is 22.9. The van der Waals surface area contributed by atoms with Gasteiger partial charge in [0.2, 0.25) is 0 Å². The Bertz CT molecular complexity index is 1540. The van der Waals surface area contributed by atoms with Gasteiger partial charge in [0, 0.05) is 36.3 Å². The lowest BCUT2D eigenvalue weighted by Gasteiger charge is -2.10. The van der Waals surface area contributed by atoms with Gasteiger partial charge in [0.15, 0.2) is 11.4 Å². The fraction of sp³-hybridized carbons (Fsp3) is 0.154. The highest BCUT2D eigenvalue weighted by atomic mass is 16.5. The number of ketones is 1. The smallest absolute Gasteiger partial charge is 0.315 e. The Labute approximate surface area is 205 Å². The first-order valence-corrected chi connectivity index (χ1v) is 11.2. The van der Waals surface area contributed by atoms with Crippen LogP contribution in [0.25, 0.3) is 5.65 Å². The van der Waals surface area contributed by atoms with E-state index in [1.54, 1.807) is 36.4 Å². The predicted molar refractivity (Wildman–Crippen MR) is 128 cm³/mol. The van der Waals surface area contributed by atoms with Gasteiger partial charge >= 0.3 is 5.97 Å². The van der Waals surface area contributed by atoms with E-state index in [1.807, 2.05) is 12.1 Å². The Morgan fingerprint density at radius 2 is 1.75 bits per heavy atom. The molecule has 0 fully saturated rings. The molecule has 0 radical (unpaired) electrons. The Balaban J connectivity index is 1.31. The van der Waals surface area contributed by atoms with Crippen molar-refractivity contribution in [3.8, 4) is 5.75 Å². The van der Waals surface area contributed by atoms with Crippen LogP contribution in [0.1, 0.15) is 54.9 Å². The van der Waals surface area contributed by atoms with Gasteiger partial charge in [0.25, 0.3) is 11.8 Å². The number of esters is 1. The monoisotopic (exact) mass is 483 g/mol. The zero-order chi connectivity index (χ0) is 25.2. The highest BCUT2D eigenvalue weighted by Gasteiger charge is 2.21. The van der Waals surface area contributed by atoms with Gasteiger partial charge in [0.05, 0.1) is 12.6 Å². The summed E-state index contributed by atoms with van der Waals surface area (Å²) < 4.78 is 6.45. The minimum atomic E-state index is -0.463. The molecule has 10 heteroatoms. The van der Waals surface area contributed by atoms with Crippen molar-refractivity contribution in [2.75, 3.05) is 0 Å². The van der Waals surface area contributed by atoms with Gasteiger partial charge in [-0.3, -0.25) is 19.2 Å². The molecule has 2 N–H and O–H groups in total. The molecule has 3 heterocycles. The van der Waals surface area contributed by atoms with Gasteiger partial charge in [-0.2, -0.15) is 5.10 Å². The number of hydrogen-bond acceptors (Lipinski definition) is 7. The fourth-order valence-corrected chi connectivity index (χ4v) is 3.93. The summed E-state index contributed by atoms with van der Waals surface area (Å²) in [6, 6.07) is 15.3. The Morgan fingerprint density at radius 3 is 2.56 bits per heavy atom. The van der Waals surface area contributed by atoms with Crippen LogP contribution in [-0.4, -0.2) is 38.2 Å². The lowest BCUT2D eigenvalue weighted by molar-refractivity contribution is -0.131. The van der Waals surface area contributed by atoms with Gasteiger partial charge in [-0.05, 0) is 36.2 Å². The first-order valence-electron chi connectivity index (χ1n) is 11.2. The number of carbonyl (C=O) groups is 4. The summed E-state index contributed by atoms with van der Waals surface area (Å²) in [7, 11) is 0. The lowest BCUT2D eigenvalue weighted by Crippen LogP contribution is -2.28.